The van der Waals surface area contributed by atoms with Gasteiger partial charge in [0, 0.05) is 24.4 Å². The lowest BCUT2D eigenvalue weighted by molar-refractivity contribution is 0.0700. The largest absolute Gasteiger partial charge is 0.328 e. The molecule has 1 N–H and O–H groups in total. The molecule has 1 aromatic carbocycles. The van der Waals surface area contributed by atoms with Crippen LogP contribution in [0.25, 0.3) is 10.8 Å². The van der Waals surface area contributed by atoms with E-state index in [4.69, 9.17) is 0 Å². The lowest BCUT2D eigenvalue weighted by Crippen LogP contribution is -2.39. The zero-order chi connectivity index (χ0) is 17.6. The highest BCUT2D eigenvalue weighted by Crippen LogP contribution is 2.20. The number of H-pyrrole nitrogens is 1. The molecule has 1 aliphatic rings. The highest BCUT2D eigenvalue weighted by Gasteiger charge is 2.26. The smallest absolute Gasteiger partial charge is 0.270 e. The number of pyridine rings is 1. The van der Waals surface area contributed by atoms with Gasteiger partial charge in [-0.3, -0.25) is 9.59 Å². The maximum absolute atomic E-state index is 12.8. The second kappa shape index (κ2) is 5.84. The number of aromatic amines is 1. The average molecular weight is 337 g/mol. The summed E-state index contributed by atoms with van der Waals surface area (Å²) >= 11 is 0. The molecule has 0 unspecified atom stereocenters. The van der Waals surface area contributed by atoms with Crippen LogP contribution < -0.4 is 5.56 Å². The molecule has 0 bridgehead atoms. The van der Waals surface area contributed by atoms with Crippen molar-refractivity contribution in [1.29, 1.82) is 0 Å². The van der Waals surface area contributed by atoms with Crippen LogP contribution in [0, 0.1) is 0 Å². The Hall–Kier alpha value is -2.96. The van der Waals surface area contributed by atoms with E-state index in [1.54, 1.807) is 17.0 Å². The van der Waals surface area contributed by atoms with Crippen molar-refractivity contribution in [2.75, 3.05) is 6.54 Å². The molecular formula is C18H19N5O2. The highest BCUT2D eigenvalue weighted by atomic mass is 16.2. The number of hydrogen-bond donors (Lipinski definition) is 1. The van der Waals surface area contributed by atoms with E-state index in [-0.39, 0.29) is 11.5 Å². The van der Waals surface area contributed by atoms with Gasteiger partial charge in [-0.15, -0.1) is 10.2 Å². The third kappa shape index (κ3) is 2.61. The van der Waals surface area contributed by atoms with E-state index in [1.165, 1.54) is 0 Å². The first-order chi connectivity index (χ1) is 12.0. The number of carbonyl (C=O) groups excluding carboxylic acids is 1. The quantitative estimate of drug-likeness (QED) is 0.774. The minimum atomic E-state index is -0.247. The van der Waals surface area contributed by atoms with E-state index in [0.717, 1.165) is 17.0 Å². The van der Waals surface area contributed by atoms with Crippen LogP contribution in [-0.2, 0) is 13.1 Å². The van der Waals surface area contributed by atoms with E-state index in [1.807, 2.05) is 18.2 Å². The highest BCUT2D eigenvalue weighted by molar-refractivity contribution is 5.96. The molecule has 7 nitrogen and oxygen atoms in total. The van der Waals surface area contributed by atoms with Crippen molar-refractivity contribution >= 4 is 16.7 Å². The third-order valence-electron chi connectivity index (χ3n) is 4.57. The number of hydrogen-bond acceptors (Lipinski definition) is 4. The molecule has 0 saturated carbocycles. The maximum Gasteiger partial charge on any atom is 0.270 e. The zero-order valence-corrected chi connectivity index (χ0v) is 14.2. The van der Waals surface area contributed by atoms with Crippen LogP contribution in [-0.4, -0.2) is 37.1 Å². The van der Waals surface area contributed by atoms with Crippen molar-refractivity contribution in [3.8, 4) is 0 Å². The van der Waals surface area contributed by atoms with Gasteiger partial charge in [-0.05, 0) is 17.5 Å². The summed E-state index contributed by atoms with van der Waals surface area (Å²) in [5.41, 5.74) is 0.0597. The molecule has 1 aliphatic heterocycles. The predicted octanol–water partition coefficient (Wildman–Crippen LogP) is 1.90. The first-order valence-electron chi connectivity index (χ1n) is 8.38. The number of benzene rings is 1. The van der Waals surface area contributed by atoms with Gasteiger partial charge in [0.05, 0.1) is 6.54 Å². The zero-order valence-electron chi connectivity index (χ0n) is 14.2. The van der Waals surface area contributed by atoms with E-state index < -0.39 is 0 Å². The summed E-state index contributed by atoms with van der Waals surface area (Å²) in [7, 11) is 0. The summed E-state index contributed by atoms with van der Waals surface area (Å²) in [6, 6.07) is 8.98. The molecule has 7 heteroatoms. The summed E-state index contributed by atoms with van der Waals surface area (Å²) in [6.07, 6.45) is 0. The summed E-state index contributed by atoms with van der Waals surface area (Å²) in [5.74, 6) is 1.83. The van der Waals surface area contributed by atoms with Gasteiger partial charge in [0.25, 0.3) is 11.5 Å². The van der Waals surface area contributed by atoms with Gasteiger partial charge in [-0.25, -0.2) is 0 Å². The molecule has 3 heterocycles. The Morgan fingerprint density at radius 1 is 1.20 bits per heavy atom. The molecule has 0 fully saturated rings. The lowest BCUT2D eigenvalue weighted by Gasteiger charge is -2.28. The fraction of sp³-hybridized carbons (Fsp3) is 0.333. The Labute approximate surface area is 144 Å². The maximum atomic E-state index is 12.8. The molecule has 0 aliphatic carbocycles. The first-order valence-corrected chi connectivity index (χ1v) is 8.38. The van der Waals surface area contributed by atoms with E-state index >= 15 is 0 Å². The molecule has 4 rings (SSSR count). The van der Waals surface area contributed by atoms with Gasteiger partial charge < -0.3 is 14.5 Å². The van der Waals surface area contributed by atoms with Gasteiger partial charge in [0.1, 0.15) is 11.5 Å². The Kier molecular flexibility index (Phi) is 3.63. The Bertz CT molecular complexity index is 1020. The van der Waals surface area contributed by atoms with Crippen LogP contribution >= 0.6 is 0 Å². The average Bonchev–Trinajstić information content (AvgIpc) is 3.04. The van der Waals surface area contributed by atoms with Crippen molar-refractivity contribution in [3.05, 3.63) is 58.0 Å². The van der Waals surface area contributed by atoms with Crippen LogP contribution in [0.15, 0.2) is 35.1 Å². The molecule has 128 valence electrons. The molecule has 0 radical (unpaired) electrons. The number of rotatable bonds is 2. The molecular weight excluding hydrogens is 318 g/mol. The molecule has 0 spiro atoms. The standard InChI is InChI=1S/C18H19N5O2/c1-11(2)16-21-20-15-10-22(7-8-23(15)16)18(25)14-9-12-5-3-4-6-13(12)17(24)19-14/h3-6,9,11H,7-8,10H2,1-2H3,(H,19,24). The monoisotopic (exact) mass is 337 g/mol. The number of amides is 1. The van der Waals surface area contributed by atoms with Gasteiger partial charge >= 0.3 is 0 Å². The molecule has 2 aromatic heterocycles. The van der Waals surface area contributed by atoms with Crippen LogP contribution in [0.2, 0.25) is 0 Å². The molecule has 1 amide bonds. The fourth-order valence-corrected chi connectivity index (χ4v) is 3.28. The Balaban J connectivity index is 1.65. The molecule has 0 saturated heterocycles. The van der Waals surface area contributed by atoms with Crippen molar-refractivity contribution in [3.63, 3.8) is 0 Å². The predicted molar refractivity (Wildman–Crippen MR) is 93.4 cm³/mol. The van der Waals surface area contributed by atoms with Crippen molar-refractivity contribution < 1.29 is 4.79 Å². The SMILES string of the molecule is CC(C)c1nnc2n1CCN(C(=O)c1cc3ccccc3c(=O)[nH]1)C2. The van der Waals surface area contributed by atoms with Gasteiger partial charge in [-0.1, -0.05) is 32.0 Å². The van der Waals surface area contributed by atoms with Gasteiger partial charge in [-0.2, -0.15) is 0 Å². The molecule has 25 heavy (non-hydrogen) atoms. The second-order valence-electron chi connectivity index (χ2n) is 6.61. The normalized spacial score (nSPS) is 14.1. The summed E-state index contributed by atoms with van der Waals surface area (Å²) < 4.78 is 2.08. The lowest BCUT2D eigenvalue weighted by atomic mass is 10.1. The molecule has 3 aromatic rings. The molecule has 0 atom stereocenters. The van der Waals surface area contributed by atoms with Crippen LogP contribution in [0.3, 0.4) is 0 Å². The summed E-state index contributed by atoms with van der Waals surface area (Å²) in [5, 5.41) is 9.80. The van der Waals surface area contributed by atoms with Crippen molar-refractivity contribution in [1.82, 2.24) is 24.6 Å². The Morgan fingerprint density at radius 3 is 2.80 bits per heavy atom. The minimum absolute atomic E-state index is 0.191. The van der Waals surface area contributed by atoms with Crippen LogP contribution in [0.1, 0.15) is 41.9 Å². The fourth-order valence-electron chi connectivity index (χ4n) is 3.28. The van der Waals surface area contributed by atoms with Crippen molar-refractivity contribution in [2.45, 2.75) is 32.9 Å². The minimum Gasteiger partial charge on any atom is -0.328 e. The number of carbonyl (C=O) groups is 1. The topological polar surface area (TPSA) is 83.9 Å². The van der Waals surface area contributed by atoms with Crippen LogP contribution in [0.4, 0.5) is 0 Å². The second-order valence-corrected chi connectivity index (χ2v) is 6.61. The number of fused-ring (bicyclic) bond motifs is 2. The van der Waals surface area contributed by atoms with E-state index in [9.17, 15) is 9.59 Å². The number of aromatic nitrogens is 4. The van der Waals surface area contributed by atoms with Crippen LogP contribution in [0.5, 0.6) is 0 Å². The summed E-state index contributed by atoms with van der Waals surface area (Å²) in [4.78, 5) is 29.5. The first kappa shape index (κ1) is 15.6. The number of nitrogens with one attached hydrogen (secondary N) is 1. The number of nitrogens with zero attached hydrogens (tertiary/aromatic N) is 4. The van der Waals surface area contributed by atoms with Gasteiger partial charge in [0.2, 0.25) is 0 Å². The third-order valence-corrected chi connectivity index (χ3v) is 4.57. The van der Waals surface area contributed by atoms with E-state index in [2.05, 4.69) is 33.6 Å². The van der Waals surface area contributed by atoms with Gasteiger partial charge in [0.15, 0.2) is 5.82 Å². The summed E-state index contributed by atoms with van der Waals surface area (Å²) in [6.45, 7) is 5.79. The van der Waals surface area contributed by atoms with Crippen molar-refractivity contribution in [2.24, 2.45) is 0 Å². The van der Waals surface area contributed by atoms with E-state index in [0.29, 0.717) is 36.6 Å². The Morgan fingerprint density at radius 2 is 2.00 bits per heavy atom.